The Morgan fingerprint density at radius 1 is 1.36 bits per heavy atom. The fourth-order valence-corrected chi connectivity index (χ4v) is 2.82. The minimum atomic E-state index is -1.09. The van der Waals surface area contributed by atoms with Crippen molar-refractivity contribution in [3.63, 3.8) is 0 Å². The number of aromatic nitrogens is 1. The first-order valence-corrected chi connectivity index (χ1v) is 8.59. The van der Waals surface area contributed by atoms with E-state index in [2.05, 4.69) is 30.5 Å². The van der Waals surface area contributed by atoms with Crippen LogP contribution in [0.4, 0.5) is 4.39 Å². The van der Waals surface area contributed by atoms with Crippen LogP contribution in [0.3, 0.4) is 0 Å². The first-order valence-electron chi connectivity index (χ1n) is 8.59. The minimum Gasteiger partial charge on any atom is -0.491 e. The number of benzene rings is 1. The molecule has 1 aliphatic carbocycles. The van der Waals surface area contributed by atoms with Crippen molar-refractivity contribution in [3.05, 3.63) is 54.3 Å². The van der Waals surface area contributed by atoms with E-state index in [1.807, 2.05) is 24.3 Å². The molecule has 5 heteroatoms. The first kappa shape index (κ1) is 17.6. The SMILES string of the molecule is CCNC1C=CC(c2ccc3cc(OCC(O)CF)ccc3n2)=CC1. The van der Waals surface area contributed by atoms with Gasteiger partial charge in [0, 0.05) is 11.4 Å². The van der Waals surface area contributed by atoms with Crippen LogP contribution in [0.1, 0.15) is 19.0 Å². The Kier molecular flexibility index (Phi) is 5.79. The van der Waals surface area contributed by atoms with E-state index in [9.17, 15) is 9.50 Å². The van der Waals surface area contributed by atoms with Crippen molar-refractivity contribution >= 4 is 16.5 Å². The standard InChI is InChI=1S/C20H23FN2O2/c1-2-22-16-6-3-14(4-7-16)19-9-5-15-11-18(8-10-20(15)23-19)25-13-17(24)12-21/h3-6,8-11,16-17,22,24H,2,7,12-13H2,1H3. The second-order valence-electron chi connectivity index (χ2n) is 6.09. The number of ether oxygens (including phenoxy) is 1. The lowest BCUT2D eigenvalue weighted by Crippen LogP contribution is -2.27. The molecule has 2 unspecified atom stereocenters. The monoisotopic (exact) mass is 342 g/mol. The van der Waals surface area contributed by atoms with Gasteiger partial charge in [-0.25, -0.2) is 9.37 Å². The number of nitrogens with zero attached hydrogens (tertiary/aromatic N) is 1. The zero-order valence-corrected chi connectivity index (χ0v) is 14.3. The lowest BCUT2D eigenvalue weighted by molar-refractivity contribution is 0.0842. The Morgan fingerprint density at radius 2 is 2.24 bits per heavy atom. The van der Waals surface area contributed by atoms with Crippen LogP contribution >= 0.6 is 0 Å². The van der Waals surface area contributed by atoms with Gasteiger partial charge in [-0.1, -0.05) is 31.2 Å². The summed E-state index contributed by atoms with van der Waals surface area (Å²) in [6, 6.07) is 9.91. The first-order chi connectivity index (χ1) is 12.2. The summed E-state index contributed by atoms with van der Waals surface area (Å²) in [6.07, 6.45) is 6.37. The van der Waals surface area contributed by atoms with Crippen molar-refractivity contribution in [1.82, 2.24) is 10.3 Å². The van der Waals surface area contributed by atoms with E-state index in [1.54, 1.807) is 6.07 Å². The highest BCUT2D eigenvalue weighted by Gasteiger charge is 2.10. The van der Waals surface area contributed by atoms with Crippen molar-refractivity contribution in [2.75, 3.05) is 19.8 Å². The normalized spacial score (nSPS) is 18.2. The highest BCUT2D eigenvalue weighted by atomic mass is 19.1. The molecular weight excluding hydrogens is 319 g/mol. The number of pyridine rings is 1. The molecule has 4 nitrogen and oxygen atoms in total. The van der Waals surface area contributed by atoms with E-state index in [0.717, 1.165) is 35.1 Å². The van der Waals surface area contributed by atoms with Crippen molar-refractivity contribution < 1.29 is 14.2 Å². The molecule has 0 amide bonds. The van der Waals surface area contributed by atoms with Gasteiger partial charge in [-0.15, -0.1) is 0 Å². The number of hydrogen-bond donors (Lipinski definition) is 2. The molecule has 1 heterocycles. The van der Waals surface area contributed by atoms with Gasteiger partial charge < -0.3 is 15.2 Å². The molecule has 132 valence electrons. The number of hydrogen-bond acceptors (Lipinski definition) is 4. The molecule has 0 fully saturated rings. The van der Waals surface area contributed by atoms with Crippen molar-refractivity contribution in [2.24, 2.45) is 0 Å². The van der Waals surface area contributed by atoms with E-state index in [4.69, 9.17) is 9.72 Å². The molecule has 1 aromatic carbocycles. The van der Waals surface area contributed by atoms with Crippen LogP contribution in [0.25, 0.3) is 16.5 Å². The molecule has 0 saturated carbocycles. The summed E-state index contributed by atoms with van der Waals surface area (Å²) in [6.45, 7) is 2.20. The molecule has 0 aliphatic heterocycles. The molecule has 3 rings (SSSR count). The number of rotatable bonds is 7. The van der Waals surface area contributed by atoms with Crippen molar-refractivity contribution in [2.45, 2.75) is 25.5 Å². The zero-order chi connectivity index (χ0) is 17.6. The Morgan fingerprint density at radius 3 is 2.96 bits per heavy atom. The highest BCUT2D eigenvalue weighted by molar-refractivity contribution is 5.84. The second kappa shape index (κ2) is 8.23. The number of nitrogens with one attached hydrogen (secondary N) is 1. The maximum atomic E-state index is 12.3. The summed E-state index contributed by atoms with van der Waals surface area (Å²) in [5, 5.41) is 13.6. The number of fused-ring (bicyclic) bond motifs is 1. The third kappa shape index (κ3) is 4.44. The van der Waals surface area contributed by atoms with Gasteiger partial charge in [0.05, 0.1) is 11.2 Å². The minimum absolute atomic E-state index is 0.0574. The number of aliphatic hydroxyl groups excluding tert-OH is 1. The Labute approximate surface area is 147 Å². The van der Waals surface area contributed by atoms with E-state index < -0.39 is 12.8 Å². The molecule has 1 aliphatic rings. The predicted molar refractivity (Wildman–Crippen MR) is 98.4 cm³/mol. The smallest absolute Gasteiger partial charge is 0.120 e. The van der Waals surface area contributed by atoms with Crippen LogP contribution in [0.5, 0.6) is 5.75 Å². The Balaban J connectivity index is 1.74. The average molecular weight is 342 g/mol. The van der Waals surface area contributed by atoms with Gasteiger partial charge in [0.25, 0.3) is 0 Å². The molecule has 25 heavy (non-hydrogen) atoms. The van der Waals surface area contributed by atoms with Crippen LogP contribution in [-0.4, -0.2) is 42.1 Å². The van der Waals surface area contributed by atoms with E-state index in [-0.39, 0.29) is 6.61 Å². The highest BCUT2D eigenvalue weighted by Crippen LogP contribution is 2.25. The predicted octanol–water partition coefficient (Wildman–Crippen LogP) is 3.27. The van der Waals surface area contributed by atoms with Gasteiger partial charge >= 0.3 is 0 Å². The van der Waals surface area contributed by atoms with Gasteiger partial charge in [0.1, 0.15) is 25.1 Å². The molecule has 0 radical (unpaired) electrons. The zero-order valence-electron chi connectivity index (χ0n) is 14.3. The van der Waals surface area contributed by atoms with E-state index >= 15 is 0 Å². The van der Waals surface area contributed by atoms with Crippen LogP contribution < -0.4 is 10.1 Å². The summed E-state index contributed by atoms with van der Waals surface area (Å²) in [7, 11) is 0. The molecule has 2 N–H and O–H groups in total. The summed E-state index contributed by atoms with van der Waals surface area (Å²) in [5.74, 6) is 0.597. The molecule has 2 atom stereocenters. The fraction of sp³-hybridized carbons (Fsp3) is 0.350. The van der Waals surface area contributed by atoms with Crippen LogP contribution in [0, 0.1) is 0 Å². The van der Waals surface area contributed by atoms with E-state index in [0.29, 0.717) is 11.8 Å². The van der Waals surface area contributed by atoms with Crippen molar-refractivity contribution in [3.8, 4) is 5.75 Å². The quantitative estimate of drug-likeness (QED) is 0.811. The maximum absolute atomic E-state index is 12.3. The summed E-state index contributed by atoms with van der Waals surface area (Å²) < 4.78 is 17.7. The van der Waals surface area contributed by atoms with Crippen LogP contribution in [0.15, 0.2) is 48.6 Å². The number of aliphatic hydroxyl groups is 1. The second-order valence-corrected chi connectivity index (χ2v) is 6.09. The number of alkyl halides is 1. The van der Waals surface area contributed by atoms with Crippen LogP contribution in [-0.2, 0) is 0 Å². The van der Waals surface area contributed by atoms with Gasteiger partial charge in [-0.3, -0.25) is 0 Å². The van der Waals surface area contributed by atoms with E-state index in [1.165, 1.54) is 0 Å². The number of likely N-dealkylation sites (N-methyl/N-ethyl adjacent to an activating group) is 1. The fourth-order valence-electron chi connectivity index (χ4n) is 2.82. The Hall–Kier alpha value is -2.24. The third-order valence-corrected chi connectivity index (χ3v) is 4.14. The number of halogens is 1. The van der Waals surface area contributed by atoms with Gasteiger partial charge in [-0.2, -0.15) is 0 Å². The topological polar surface area (TPSA) is 54.4 Å². The molecule has 2 aromatic rings. The third-order valence-electron chi connectivity index (χ3n) is 4.14. The summed E-state index contributed by atoms with van der Waals surface area (Å²) in [4.78, 5) is 4.72. The molecular formula is C20H23FN2O2. The van der Waals surface area contributed by atoms with Gasteiger partial charge in [0.2, 0.25) is 0 Å². The largest absolute Gasteiger partial charge is 0.491 e. The summed E-state index contributed by atoms with van der Waals surface area (Å²) in [5.41, 5.74) is 2.95. The molecule has 0 bridgehead atoms. The summed E-state index contributed by atoms with van der Waals surface area (Å²) >= 11 is 0. The Bertz CT molecular complexity index is 788. The lowest BCUT2D eigenvalue weighted by Gasteiger charge is -2.16. The lowest BCUT2D eigenvalue weighted by atomic mass is 10.00. The van der Waals surface area contributed by atoms with Crippen LogP contribution in [0.2, 0.25) is 0 Å². The molecule has 0 spiro atoms. The molecule has 1 aromatic heterocycles. The van der Waals surface area contributed by atoms with Gasteiger partial charge in [-0.05, 0) is 42.8 Å². The maximum Gasteiger partial charge on any atom is 0.120 e. The van der Waals surface area contributed by atoms with Crippen molar-refractivity contribution in [1.29, 1.82) is 0 Å². The number of allylic oxidation sites excluding steroid dienone is 2. The average Bonchev–Trinajstić information content (AvgIpc) is 2.66. The van der Waals surface area contributed by atoms with Gasteiger partial charge in [0.15, 0.2) is 0 Å². The molecule has 0 saturated heterocycles.